The Kier molecular flexibility index (Phi) is 5.71. The number of carbonyl (C=O) groups excluding carboxylic acids is 2. The van der Waals surface area contributed by atoms with Crippen LogP contribution in [-0.4, -0.2) is 18.4 Å². The molecule has 1 fully saturated rings. The molecule has 0 aliphatic heterocycles. The fourth-order valence-corrected chi connectivity index (χ4v) is 3.39. The zero-order valence-corrected chi connectivity index (χ0v) is 16.2. The van der Waals surface area contributed by atoms with Crippen LogP contribution in [0.15, 0.2) is 84.9 Å². The molecule has 4 rings (SSSR count). The molecule has 0 aromatic heterocycles. The molecule has 0 bridgehead atoms. The zero-order chi connectivity index (χ0) is 20.1. The van der Waals surface area contributed by atoms with Gasteiger partial charge in [0.15, 0.2) is 0 Å². The first kappa shape index (κ1) is 18.9. The summed E-state index contributed by atoms with van der Waals surface area (Å²) < 4.78 is 0. The monoisotopic (exact) mass is 384 g/mol. The van der Waals surface area contributed by atoms with Crippen LogP contribution in [0.25, 0.3) is 0 Å². The molecule has 29 heavy (non-hydrogen) atoms. The zero-order valence-electron chi connectivity index (χ0n) is 16.2. The van der Waals surface area contributed by atoms with Crippen LogP contribution in [0, 0.1) is 5.92 Å². The summed E-state index contributed by atoms with van der Waals surface area (Å²) >= 11 is 0. The number of hydrogen-bond acceptors (Lipinski definition) is 2. The average Bonchev–Trinajstić information content (AvgIpc) is 3.61. The van der Waals surface area contributed by atoms with Crippen molar-refractivity contribution in [2.45, 2.75) is 18.8 Å². The molecule has 4 heteroatoms. The van der Waals surface area contributed by atoms with E-state index in [9.17, 15) is 9.59 Å². The molecule has 0 spiro atoms. The summed E-state index contributed by atoms with van der Waals surface area (Å²) in [6, 6.07) is 27.4. The van der Waals surface area contributed by atoms with Crippen LogP contribution >= 0.6 is 0 Å². The lowest BCUT2D eigenvalue weighted by Crippen LogP contribution is -2.29. The lowest BCUT2D eigenvalue weighted by molar-refractivity contribution is -0.117. The van der Waals surface area contributed by atoms with Crippen LogP contribution in [0.1, 0.15) is 40.2 Å². The van der Waals surface area contributed by atoms with Crippen molar-refractivity contribution in [2.24, 2.45) is 5.92 Å². The van der Waals surface area contributed by atoms with Gasteiger partial charge >= 0.3 is 0 Å². The average molecular weight is 384 g/mol. The first-order chi connectivity index (χ1) is 14.2. The van der Waals surface area contributed by atoms with E-state index in [1.807, 2.05) is 36.4 Å². The molecule has 1 saturated carbocycles. The third-order valence-corrected chi connectivity index (χ3v) is 5.23. The Bertz CT molecular complexity index is 925. The van der Waals surface area contributed by atoms with E-state index in [4.69, 9.17) is 0 Å². The summed E-state index contributed by atoms with van der Waals surface area (Å²) in [4.78, 5) is 24.5. The highest BCUT2D eigenvalue weighted by Gasteiger charge is 2.29. The van der Waals surface area contributed by atoms with Gasteiger partial charge in [0.05, 0.1) is 0 Å². The quantitative estimate of drug-likeness (QED) is 0.626. The minimum atomic E-state index is -0.123. The van der Waals surface area contributed by atoms with Crippen molar-refractivity contribution in [3.05, 3.63) is 102 Å². The smallest absolute Gasteiger partial charge is 0.251 e. The molecule has 0 unspecified atom stereocenters. The van der Waals surface area contributed by atoms with Crippen LogP contribution in [0.5, 0.6) is 0 Å². The Morgan fingerprint density at radius 2 is 1.34 bits per heavy atom. The largest absolute Gasteiger partial charge is 0.351 e. The van der Waals surface area contributed by atoms with Gasteiger partial charge in [-0.15, -0.1) is 0 Å². The maximum atomic E-state index is 12.7. The Hall–Kier alpha value is -3.40. The molecule has 2 N–H and O–H groups in total. The van der Waals surface area contributed by atoms with Gasteiger partial charge in [0.25, 0.3) is 5.91 Å². The van der Waals surface area contributed by atoms with Crippen molar-refractivity contribution in [2.75, 3.05) is 11.9 Å². The van der Waals surface area contributed by atoms with E-state index in [0.717, 1.165) is 29.7 Å². The Morgan fingerprint density at radius 1 is 0.793 bits per heavy atom. The Balaban J connectivity index is 1.42. The topological polar surface area (TPSA) is 58.2 Å². The van der Waals surface area contributed by atoms with Crippen molar-refractivity contribution in [1.29, 1.82) is 0 Å². The van der Waals surface area contributed by atoms with Gasteiger partial charge in [0.2, 0.25) is 5.91 Å². The highest BCUT2D eigenvalue weighted by Crippen LogP contribution is 2.30. The number of nitrogens with one attached hydrogen (secondary N) is 2. The molecular weight excluding hydrogens is 360 g/mol. The number of benzene rings is 3. The van der Waals surface area contributed by atoms with E-state index in [2.05, 4.69) is 34.9 Å². The number of hydrogen-bond donors (Lipinski definition) is 2. The highest BCUT2D eigenvalue weighted by atomic mass is 16.2. The van der Waals surface area contributed by atoms with Crippen LogP contribution < -0.4 is 10.6 Å². The fourth-order valence-electron chi connectivity index (χ4n) is 3.39. The third kappa shape index (κ3) is 4.91. The second-order valence-electron chi connectivity index (χ2n) is 7.42. The summed E-state index contributed by atoms with van der Waals surface area (Å²) in [5.41, 5.74) is 3.63. The van der Waals surface area contributed by atoms with Gasteiger partial charge < -0.3 is 10.6 Å². The molecule has 3 aromatic rings. The van der Waals surface area contributed by atoms with E-state index in [1.165, 1.54) is 0 Å². The molecule has 4 nitrogen and oxygen atoms in total. The van der Waals surface area contributed by atoms with Gasteiger partial charge in [-0.3, -0.25) is 9.59 Å². The molecule has 2 amide bonds. The van der Waals surface area contributed by atoms with Gasteiger partial charge in [-0.2, -0.15) is 0 Å². The van der Waals surface area contributed by atoms with E-state index in [-0.39, 0.29) is 23.7 Å². The fraction of sp³-hybridized carbons (Fsp3) is 0.200. The van der Waals surface area contributed by atoms with Crippen molar-refractivity contribution < 1.29 is 9.59 Å². The second kappa shape index (κ2) is 8.74. The molecule has 1 aliphatic rings. The Morgan fingerprint density at radius 3 is 1.86 bits per heavy atom. The minimum absolute atomic E-state index is 0.0655. The van der Waals surface area contributed by atoms with Crippen molar-refractivity contribution in [3.8, 4) is 0 Å². The van der Waals surface area contributed by atoms with E-state index in [1.54, 1.807) is 24.3 Å². The van der Waals surface area contributed by atoms with E-state index < -0.39 is 0 Å². The molecule has 0 radical (unpaired) electrons. The summed E-state index contributed by atoms with van der Waals surface area (Å²) in [6.45, 7) is 0.507. The van der Waals surface area contributed by atoms with Crippen molar-refractivity contribution in [1.82, 2.24) is 5.32 Å². The molecule has 146 valence electrons. The number of amides is 2. The first-order valence-electron chi connectivity index (χ1n) is 10.00. The van der Waals surface area contributed by atoms with E-state index >= 15 is 0 Å². The molecule has 1 aliphatic carbocycles. The maximum Gasteiger partial charge on any atom is 0.251 e. The summed E-state index contributed by atoms with van der Waals surface area (Å²) in [7, 11) is 0. The summed E-state index contributed by atoms with van der Waals surface area (Å²) in [5, 5.41) is 5.95. The Labute approximate surface area is 171 Å². The molecule has 0 heterocycles. The van der Waals surface area contributed by atoms with Crippen LogP contribution in [0.2, 0.25) is 0 Å². The van der Waals surface area contributed by atoms with Gasteiger partial charge in [0.1, 0.15) is 0 Å². The summed E-state index contributed by atoms with van der Waals surface area (Å²) in [5.74, 6) is 0.182. The number of anilines is 1. The number of rotatable bonds is 7. The van der Waals surface area contributed by atoms with Crippen molar-refractivity contribution in [3.63, 3.8) is 0 Å². The molecule has 0 atom stereocenters. The predicted molar refractivity (Wildman–Crippen MR) is 115 cm³/mol. The normalized spacial score (nSPS) is 13.1. The lowest BCUT2D eigenvalue weighted by Gasteiger charge is -2.19. The molecule has 0 saturated heterocycles. The van der Waals surface area contributed by atoms with Gasteiger partial charge in [0, 0.05) is 29.6 Å². The SMILES string of the molecule is O=C(NCC(c1ccccc1)c1ccccc1)c1ccc(NC(=O)C2CC2)cc1. The number of carbonyl (C=O) groups is 2. The molecule has 3 aromatic carbocycles. The predicted octanol–water partition coefficient (Wildman–Crippen LogP) is 4.60. The minimum Gasteiger partial charge on any atom is -0.351 e. The van der Waals surface area contributed by atoms with Gasteiger partial charge in [-0.05, 0) is 48.2 Å². The highest BCUT2D eigenvalue weighted by molar-refractivity contribution is 5.96. The lowest BCUT2D eigenvalue weighted by atomic mass is 9.91. The summed E-state index contributed by atoms with van der Waals surface area (Å²) in [6.07, 6.45) is 1.94. The van der Waals surface area contributed by atoms with Crippen LogP contribution in [0.3, 0.4) is 0 Å². The van der Waals surface area contributed by atoms with Crippen LogP contribution in [-0.2, 0) is 4.79 Å². The third-order valence-electron chi connectivity index (χ3n) is 5.23. The van der Waals surface area contributed by atoms with Crippen LogP contribution in [0.4, 0.5) is 5.69 Å². The van der Waals surface area contributed by atoms with Crippen molar-refractivity contribution >= 4 is 17.5 Å². The van der Waals surface area contributed by atoms with Gasteiger partial charge in [-0.25, -0.2) is 0 Å². The van der Waals surface area contributed by atoms with E-state index in [0.29, 0.717) is 12.1 Å². The second-order valence-corrected chi connectivity index (χ2v) is 7.42. The first-order valence-corrected chi connectivity index (χ1v) is 10.00. The maximum absolute atomic E-state index is 12.7. The standard InChI is InChI=1S/C25H24N2O2/c28-24(20-13-15-22(16-14-20)27-25(29)21-11-12-21)26-17-23(18-7-3-1-4-8-18)19-9-5-2-6-10-19/h1-10,13-16,21,23H,11-12,17H2,(H,26,28)(H,27,29). The van der Waals surface area contributed by atoms with Gasteiger partial charge in [-0.1, -0.05) is 60.7 Å². The molecular formula is C25H24N2O2.